The van der Waals surface area contributed by atoms with Gasteiger partial charge in [-0.3, -0.25) is 4.79 Å². The summed E-state index contributed by atoms with van der Waals surface area (Å²) in [6, 6.07) is 7.35. The van der Waals surface area contributed by atoms with Crippen LogP contribution >= 0.6 is 15.9 Å². The molecule has 1 amide bonds. The zero-order valence-electron chi connectivity index (χ0n) is 8.83. The van der Waals surface area contributed by atoms with E-state index in [9.17, 15) is 4.79 Å². The highest BCUT2D eigenvalue weighted by molar-refractivity contribution is 9.10. The van der Waals surface area contributed by atoms with E-state index in [1.165, 1.54) is 0 Å². The Morgan fingerprint density at radius 3 is 2.33 bits per heavy atom. The van der Waals surface area contributed by atoms with Gasteiger partial charge in [-0.05, 0) is 31.5 Å². The number of amides is 1. The molecule has 4 heteroatoms. The molecule has 0 heterocycles. The molecule has 0 fully saturated rings. The molecule has 1 aromatic carbocycles. The van der Waals surface area contributed by atoms with Crippen molar-refractivity contribution in [3.63, 3.8) is 0 Å². The van der Waals surface area contributed by atoms with Crippen molar-refractivity contribution in [1.82, 2.24) is 5.32 Å². The minimum atomic E-state index is -0.470. The zero-order chi connectivity index (χ0) is 11.4. The summed E-state index contributed by atoms with van der Waals surface area (Å²) in [7, 11) is 0. The zero-order valence-corrected chi connectivity index (χ0v) is 10.4. The van der Waals surface area contributed by atoms with Gasteiger partial charge in [0.25, 0.3) is 0 Å². The quantitative estimate of drug-likeness (QED) is 0.883. The third-order valence-electron chi connectivity index (χ3n) is 2.14. The summed E-state index contributed by atoms with van der Waals surface area (Å²) >= 11 is 3.36. The predicted molar refractivity (Wildman–Crippen MR) is 64.3 cm³/mol. The van der Waals surface area contributed by atoms with Crippen molar-refractivity contribution >= 4 is 21.8 Å². The van der Waals surface area contributed by atoms with Crippen LogP contribution in [0.3, 0.4) is 0 Å². The van der Waals surface area contributed by atoms with Crippen LogP contribution in [0.1, 0.15) is 25.5 Å². The average molecular weight is 271 g/mol. The maximum absolute atomic E-state index is 11.3. The van der Waals surface area contributed by atoms with Crippen molar-refractivity contribution in [2.45, 2.75) is 25.9 Å². The molecule has 0 spiro atoms. The lowest BCUT2D eigenvalue weighted by Gasteiger charge is -2.15. The van der Waals surface area contributed by atoms with Gasteiger partial charge in [0.2, 0.25) is 5.91 Å². The van der Waals surface area contributed by atoms with E-state index in [4.69, 9.17) is 5.73 Å². The van der Waals surface area contributed by atoms with E-state index in [1.54, 1.807) is 6.92 Å². The Morgan fingerprint density at radius 1 is 1.33 bits per heavy atom. The lowest BCUT2D eigenvalue weighted by atomic mass is 10.1. The number of hydrogen-bond donors (Lipinski definition) is 2. The summed E-state index contributed by atoms with van der Waals surface area (Å²) in [6.45, 7) is 3.60. The van der Waals surface area contributed by atoms with Crippen LogP contribution < -0.4 is 11.1 Å². The first kappa shape index (κ1) is 12.2. The van der Waals surface area contributed by atoms with Crippen molar-refractivity contribution in [3.05, 3.63) is 34.3 Å². The van der Waals surface area contributed by atoms with Gasteiger partial charge >= 0.3 is 0 Å². The summed E-state index contributed by atoms with van der Waals surface area (Å²) in [4.78, 5) is 11.3. The van der Waals surface area contributed by atoms with Crippen LogP contribution in [0, 0.1) is 0 Å². The Balaban J connectivity index is 2.65. The fraction of sp³-hybridized carbons (Fsp3) is 0.364. The largest absolute Gasteiger partial charge is 0.348 e. The fourth-order valence-electron chi connectivity index (χ4n) is 1.18. The first-order valence-corrected chi connectivity index (χ1v) is 5.61. The van der Waals surface area contributed by atoms with E-state index in [-0.39, 0.29) is 11.9 Å². The SMILES string of the molecule is CC(N)C(=O)N[C@H](C)c1ccc(Br)cc1. The molecule has 1 rings (SSSR count). The third-order valence-corrected chi connectivity index (χ3v) is 2.67. The third kappa shape index (κ3) is 3.64. The lowest BCUT2D eigenvalue weighted by Crippen LogP contribution is -2.39. The minimum Gasteiger partial charge on any atom is -0.348 e. The molecule has 82 valence electrons. The molecule has 0 aromatic heterocycles. The standard InChI is InChI=1S/C11H15BrN2O/c1-7(13)11(15)14-8(2)9-3-5-10(12)6-4-9/h3-8H,13H2,1-2H3,(H,14,15)/t7?,8-/m1/s1. The number of carbonyl (C=O) groups is 1. The monoisotopic (exact) mass is 270 g/mol. The Kier molecular flexibility index (Phi) is 4.29. The van der Waals surface area contributed by atoms with Crippen molar-refractivity contribution in [2.75, 3.05) is 0 Å². The van der Waals surface area contributed by atoms with Crippen LogP contribution in [-0.2, 0) is 4.79 Å². The van der Waals surface area contributed by atoms with Gasteiger partial charge < -0.3 is 11.1 Å². The molecule has 1 unspecified atom stereocenters. The van der Waals surface area contributed by atoms with E-state index >= 15 is 0 Å². The van der Waals surface area contributed by atoms with Crippen LogP contribution in [0.2, 0.25) is 0 Å². The van der Waals surface area contributed by atoms with Crippen LogP contribution in [-0.4, -0.2) is 11.9 Å². The highest BCUT2D eigenvalue weighted by Gasteiger charge is 2.12. The Hall–Kier alpha value is -0.870. The number of carbonyl (C=O) groups excluding carboxylic acids is 1. The van der Waals surface area contributed by atoms with Crippen molar-refractivity contribution < 1.29 is 4.79 Å². The molecule has 0 bridgehead atoms. The topological polar surface area (TPSA) is 55.1 Å². The molecule has 0 saturated heterocycles. The van der Waals surface area contributed by atoms with E-state index in [2.05, 4.69) is 21.2 Å². The van der Waals surface area contributed by atoms with Gasteiger partial charge in [0, 0.05) is 4.47 Å². The molecule has 0 aliphatic carbocycles. The van der Waals surface area contributed by atoms with E-state index in [1.807, 2.05) is 31.2 Å². The normalized spacial score (nSPS) is 14.4. The number of nitrogens with one attached hydrogen (secondary N) is 1. The molecule has 0 radical (unpaired) electrons. The summed E-state index contributed by atoms with van der Waals surface area (Å²) in [5.74, 6) is -0.134. The molecule has 0 aliphatic heterocycles. The van der Waals surface area contributed by atoms with Gasteiger partial charge in [0.1, 0.15) is 0 Å². The average Bonchev–Trinajstić information content (AvgIpc) is 2.18. The molecular formula is C11H15BrN2O. The van der Waals surface area contributed by atoms with Gasteiger partial charge in [-0.25, -0.2) is 0 Å². The Morgan fingerprint density at radius 2 is 1.87 bits per heavy atom. The molecule has 2 atom stereocenters. The summed E-state index contributed by atoms with van der Waals surface area (Å²) in [5.41, 5.74) is 6.53. The van der Waals surface area contributed by atoms with Gasteiger partial charge in [-0.15, -0.1) is 0 Å². The second kappa shape index (κ2) is 5.28. The molecule has 0 aliphatic rings. The van der Waals surface area contributed by atoms with Crippen LogP contribution in [0.4, 0.5) is 0 Å². The summed E-state index contributed by atoms with van der Waals surface area (Å²) in [6.07, 6.45) is 0. The van der Waals surface area contributed by atoms with Crippen molar-refractivity contribution in [3.8, 4) is 0 Å². The summed E-state index contributed by atoms with van der Waals surface area (Å²) in [5, 5.41) is 2.84. The van der Waals surface area contributed by atoms with Crippen LogP contribution in [0.25, 0.3) is 0 Å². The molecule has 15 heavy (non-hydrogen) atoms. The second-order valence-electron chi connectivity index (χ2n) is 3.57. The Labute approximate surface area is 98.2 Å². The summed E-state index contributed by atoms with van der Waals surface area (Å²) < 4.78 is 1.02. The van der Waals surface area contributed by atoms with Gasteiger partial charge in [-0.2, -0.15) is 0 Å². The highest BCUT2D eigenvalue weighted by atomic mass is 79.9. The van der Waals surface area contributed by atoms with Gasteiger partial charge in [0.05, 0.1) is 12.1 Å². The number of rotatable bonds is 3. The van der Waals surface area contributed by atoms with Crippen LogP contribution in [0.15, 0.2) is 28.7 Å². The van der Waals surface area contributed by atoms with E-state index in [0.717, 1.165) is 10.0 Å². The molecule has 1 aromatic rings. The molecule has 0 saturated carbocycles. The molecule has 3 nitrogen and oxygen atoms in total. The predicted octanol–water partition coefficient (Wildman–Crippen LogP) is 1.97. The van der Waals surface area contributed by atoms with Gasteiger partial charge in [0.15, 0.2) is 0 Å². The molecule has 3 N–H and O–H groups in total. The maximum atomic E-state index is 11.3. The number of halogens is 1. The Bertz CT molecular complexity index is 335. The minimum absolute atomic E-state index is 0.0170. The van der Waals surface area contributed by atoms with Crippen molar-refractivity contribution in [1.29, 1.82) is 0 Å². The maximum Gasteiger partial charge on any atom is 0.237 e. The van der Waals surface area contributed by atoms with E-state index in [0.29, 0.717) is 0 Å². The highest BCUT2D eigenvalue weighted by Crippen LogP contribution is 2.16. The second-order valence-corrected chi connectivity index (χ2v) is 4.49. The van der Waals surface area contributed by atoms with E-state index < -0.39 is 6.04 Å². The number of hydrogen-bond acceptors (Lipinski definition) is 2. The fourth-order valence-corrected chi connectivity index (χ4v) is 1.44. The smallest absolute Gasteiger partial charge is 0.237 e. The van der Waals surface area contributed by atoms with Crippen molar-refractivity contribution in [2.24, 2.45) is 5.73 Å². The first-order valence-electron chi connectivity index (χ1n) is 4.82. The molecular weight excluding hydrogens is 256 g/mol. The first-order chi connectivity index (χ1) is 7.00. The van der Waals surface area contributed by atoms with Gasteiger partial charge in [-0.1, -0.05) is 28.1 Å². The van der Waals surface area contributed by atoms with Crippen LogP contribution in [0.5, 0.6) is 0 Å². The number of nitrogens with two attached hydrogens (primary N) is 1. The lowest BCUT2D eigenvalue weighted by molar-refractivity contribution is -0.122. The number of benzene rings is 1.